The average molecular weight is 215 g/mol. The molecular weight excluding hydrogens is 198 g/mol. The van der Waals surface area contributed by atoms with Gasteiger partial charge in [-0.05, 0) is 25.6 Å². The molecule has 0 aliphatic heterocycles. The van der Waals surface area contributed by atoms with E-state index in [1.54, 1.807) is 0 Å². The van der Waals surface area contributed by atoms with Crippen molar-refractivity contribution in [3.05, 3.63) is 53.9 Å². The minimum atomic E-state index is 0.306. The van der Waals surface area contributed by atoms with Crippen LogP contribution in [0.25, 0.3) is 0 Å². The fourth-order valence-electron chi connectivity index (χ4n) is 1.80. The van der Waals surface area contributed by atoms with Gasteiger partial charge in [-0.3, -0.25) is 4.68 Å². The molecule has 16 heavy (non-hydrogen) atoms. The molecule has 1 atom stereocenters. The molecule has 1 aromatic carbocycles. The smallest absolute Gasteiger partial charge is 0.0604 e. The van der Waals surface area contributed by atoms with Gasteiger partial charge in [-0.15, -0.1) is 0 Å². The Kier molecular flexibility index (Phi) is 3.37. The Balaban J connectivity index is 2.12. The summed E-state index contributed by atoms with van der Waals surface area (Å²) in [4.78, 5) is 0. The van der Waals surface area contributed by atoms with E-state index in [0.717, 1.165) is 12.2 Å². The normalized spacial score (nSPS) is 12.6. The Hall–Kier alpha value is -1.61. The first-order valence-electron chi connectivity index (χ1n) is 5.52. The minimum Gasteiger partial charge on any atom is -0.311 e. The largest absolute Gasteiger partial charge is 0.311 e. The third kappa shape index (κ3) is 2.49. The maximum Gasteiger partial charge on any atom is 0.0604 e. The molecule has 3 heteroatoms. The Bertz CT molecular complexity index is 433. The summed E-state index contributed by atoms with van der Waals surface area (Å²) < 4.78 is 1.98. The number of aryl methyl sites for hydroxylation is 1. The van der Waals surface area contributed by atoms with E-state index in [2.05, 4.69) is 34.7 Å². The number of nitrogens with one attached hydrogen (secondary N) is 1. The van der Waals surface area contributed by atoms with Crippen LogP contribution in [0.5, 0.6) is 0 Å². The molecule has 3 nitrogen and oxygen atoms in total. The Morgan fingerprint density at radius 2 is 2.00 bits per heavy atom. The third-order valence-corrected chi connectivity index (χ3v) is 2.69. The highest BCUT2D eigenvalue weighted by Gasteiger charge is 2.09. The third-order valence-electron chi connectivity index (χ3n) is 2.69. The van der Waals surface area contributed by atoms with E-state index in [9.17, 15) is 0 Å². The first-order chi connectivity index (χ1) is 7.79. The summed E-state index contributed by atoms with van der Waals surface area (Å²) in [5.41, 5.74) is 2.35. The molecule has 0 bridgehead atoms. The van der Waals surface area contributed by atoms with Crippen molar-refractivity contribution in [2.24, 2.45) is 0 Å². The van der Waals surface area contributed by atoms with Gasteiger partial charge in [0.25, 0.3) is 0 Å². The number of aromatic nitrogens is 2. The molecule has 84 valence electrons. The van der Waals surface area contributed by atoms with Gasteiger partial charge < -0.3 is 5.32 Å². The van der Waals surface area contributed by atoms with Gasteiger partial charge in [-0.25, -0.2) is 0 Å². The second-order valence-corrected chi connectivity index (χ2v) is 3.93. The number of hydrogen-bond donors (Lipinski definition) is 1. The molecular formula is C13H17N3. The molecule has 0 amide bonds. The highest BCUT2D eigenvalue weighted by Crippen LogP contribution is 2.13. The lowest BCUT2D eigenvalue weighted by Gasteiger charge is -2.16. The zero-order valence-electron chi connectivity index (χ0n) is 9.72. The molecule has 2 aromatic rings. The maximum atomic E-state index is 4.40. The Morgan fingerprint density at radius 1 is 1.25 bits per heavy atom. The van der Waals surface area contributed by atoms with Gasteiger partial charge in [0.1, 0.15) is 0 Å². The van der Waals surface area contributed by atoms with E-state index in [4.69, 9.17) is 0 Å². The highest BCUT2D eigenvalue weighted by molar-refractivity contribution is 5.18. The number of likely N-dealkylation sites (N-methyl/N-ethyl adjacent to an activating group) is 1. The fraction of sp³-hybridized carbons (Fsp3) is 0.308. The van der Waals surface area contributed by atoms with Crippen LogP contribution in [-0.2, 0) is 6.54 Å². The molecule has 0 saturated carbocycles. The lowest BCUT2D eigenvalue weighted by atomic mass is 10.1. The molecule has 1 aromatic heterocycles. The first kappa shape index (κ1) is 10.9. The van der Waals surface area contributed by atoms with E-state index in [1.165, 1.54) is 5.56 Å². The van der Waals surface area contributed by atoms with Crippen LogP contribution in [0.15, 0.2) is 42.6 Å². The SMILES string of the molecule is CNC(Cn1ccc(C)n1)c1ccccc1. The van der Waals surface area contributed by atoms with Gasteiger partial charge in [0.2, 0.25) is 0 Å². The lowest BCUT2D eigenvalue weighted by molar-refractivity contribution is 0.467. The van der Waals surface area contributed by atoms with Crippen molar-refractivity contribution in [2.75, 3.05) is 7.05 Å². The predicted molar refractivity (Wildman–Crippen MR) is 65.2 cm³/mol. The Morgan fingerprint density at radius 3 is 2.56 bits per heavy atom. The van der Waals surface area contributed by atoms with Gasteiger partial charge in [-0.1, -0.05) is 30.3 Å². The van der Waals surface area contributed by atoms with E-state index < -0.39 is 0 Å². The van der Waals surface area contributed by atoms with Crippen LogP contribution in [0.3, 0.4) is 0 Å². The van der Waals surface area contributed by atoms with Crippen molar-refractivity contribution in [2.45, 2.75) is 19.5 Å². The molecule has 1 unspecified atom stereocenters. The fourth-order valence-corrected chi connectivity index (χ4v) is 1.80. The summed E-state index contributed by atoms with van der Waals surface area (Å²) in [6.07, 6.45) is 2.02. The Labute approximate surface area is 96.1 Å². The van der Waals surface area contributed by atoms with Crippen molar-refractivity contribution in [3.63, 3.8) is 0 Å². The number of hydrogen-bond acceptors (Lipinski definition) is 2. The van der Waals surface area contributed by atoms with Crippen molar-refractivity contribution in [3.8, 4) is 0 Å². The van der Waals surface area contributed by atoms with Gasteiger partial charge in [0.05, 0.1) is 18.3 Å². The molecule has 0 radical (unpaired) electrons. The summed E-state index contributed by atoms with van der Waals surface area (Å²) in [5, 5.41) is 7.72. The van der Waals surface area contributed by atoms with Crippen LogP contribution in [-0.4, -0.2) is 16.8 Å². The first-order valence-corrected chi connectivity index (χ1v) is 5.52. The molecule has 0 aliphatic rings. The standard InChI is InChI=1S/C13H17N3/c1-11-8-9-16(15-11)10-13(14-2)12-6-4-3-5-7-12/h3-9,13-14H,10H2,1-2H3. The van der Waals surface area contributed by atoms with Gasteiger partial charge in [0, 0.05) is 6.20 Å². The summed E-state index contributed by atoms with van der Waals surface area (Å²) in [6, 6.07) is 12.8. The molecule has 0 saturated heterocycles. The molecule has 1 heterocycles. The molecule has 2 rings (SSSR count). The lowest BCUT2D eigenvalue weighted by Crippen LogP contribution is -2.22. The maximum absolute atomic E-state index is 4.40. The number of nitrogens with zero attached hydrogens (tertiary/aromatic N) is 2. The van der Waals surface area contributed by atoms with Crippen molar-refractivity contribution >= 4 is 0 Å². The molecule has 1 N–H and O–H groups in total. The summed E-state index contributed by atoms with van der Waals surface area (Å²) in [6.45, 7) is 2.86. The minimum absolute atomic E-state index is 0.306. The van der Waals surface area contributed by atoms with E-state index in [-0.39, 0.29) is 0 Å². The van der Waals surface area contributed by atoms with Gasteiger partial charge >= 0.3 is 0 Å². The second kappa shape index (κ2) is 4.94. The van der Waals surface area contributed by atoms with Gasteiger partial charge in [-0.2, -0.15) is 5.10 Å². The summed E-state index contributed by atoms with van der Waals surface area (Å²) in [5.74, 6) is 0. The van der Waals surface area contributed by atoms with Crippen molar-refractivity contribution < 1.29 is 0 Å². The monoisotopic (exact) mass is 215 g/mol. The van der Waals surface area contributed by atoms with Crippen LogP contribution < -0.4 is 5.32 Å². The molecule has 0 fully saturated rings. The van der Waals surface area contributed by atoms with E-state index in [1.807, 2.05) is 37.0 Å². The zero-order chi connectivity index (χ0) is 11.4. The summed E-state index contributed by atoms with van der Waals surface area (Å²) >= 11 is 0. The topological polar surface area (TPSA) is 29.9 Å². The van der Waals surface area contributed by atoms with Crippen LogP contribution in [0.2, 0.25) is 0 Å². The van der Waals surface area contributed by atoms with Crippen LogP contribution >= 0.6 is 0 Å². The molecule has 0 spiro atoms. The van der Waals surface area contributed by atoms with E-state index in [0.29, 0.717) is 6.04 Å². The van der Waals surface area contributed by atoms with Crippen LogP contribution in [0.4, 0.5) is 0 Å². The van der Waals surface area contributed by atoms with Crippen molar-refractivity contribution in [1.29, 1.82) is 0 Å². The zero-order valence-corrected chi connectivity index (χ0v) is 9.72. The number of rotatable bonds is 4. The average Bonchev–Trinajstić information content (AvgIpc) is 2.73. The van der Waals surface area contributed by atoms with Crippen molar-refractivity contribution in [1.82, 2.24) is 15.1 Å². The predicted octanol–water partition coefficient (Wildman–Crippen LogP) is 2.15. The quantitative estimate of drug-likeness (QED) is 0.847. The van der Waals surface area contributed by atoms with Gasteiger partial charge in [0.15, 0.2) is 0 Å². The highest BCUT2D eigenvalue weighted by atomic mass is 15.3. The van der Waals surface area contributed by atoms with Crippen LogP contribution in [0, 0.1) is 6.92 Å². The van der Waals surface area contributed by atoms with Crippen LogP contribution in [0.1, 0.15) is 17.3 Å². The molecule has 0 aliphatic carbocycles. The number of benzene rings is 1. The van der Waals surface area contributed by atoms with E-state index >= 15 is 0 Å². The summed E-state index contributed by atoms with van der Waals surface area (Å²) in [7, 11) is 1.98. The second-order valence-electron chi connectivity index (χ2n) is 3.93.